The van der Waals surface area contributed by atoms with Crippen LogP contribution in [-0.2, 0) is 16.6 Å². The molecule has 1 fully saturated rings. The van der Waals surface area contributed by atoms with Crippen LogP contribution >= 0.6 is 0 Å². The highest BCUT2D eigenvalue weighted by molar-refractivity contribution is 7.89. The van der Waals surface area contributed by atoms with Crippen molar-refractivity contribution in [3.05, 3.63) is 18.0 Å². The van der Waals surface area contributed by atoms with Crippen LogP contribution in [0.25, 0.3) is 0 Å². The summed E-state index contributed by atoms with van der Waals surface area (Å²) in [7, 11) is -3.34. The van der Waals surface area contributed by atoms with Crippen molar-refractivity contribution in [2.75, 3.05) is 18.8 Å². The van der Waals surface area contributed by atoms with Crippen LogP contribution in [0.3, 0.4) is 0 Å². The predicted molar refractivity (Wildman–Crippen MR) is 78.8 cm³/mol. The fourth-order valence-corrected chi connectivity index (χ4v) is 3.34. The maximum absolute atomic E-state index is 11.0. The van der Waals surface area contributed by atoms with E-state index in [0.29, 0.717) is 12.5 Å². The number of primary sulfonamides is 1. The van der Waals surface area contributed by atoms with E-state index in [4.69, 9.17) is 5.14 Å². The molecule has 2 N–H and O–H groups in total. The summed E-state index contributed by atoms with van der Waals surface area (Å²) >= 11 is 0. The second kappa shape index (κ2) is 6.69. The van der Waals surface area contributed by atoms with Gasteiger partial charge < -0.3 is 0 Å². The van der Waals surface area contributed by atoms with Gasteiger partial charge in [-0.25, -0.2) is 13.6 Å². The van der Waals surface area contributed by atoms with Gasteiger partial charge in [-0.1, -0.05) is 6.42 Å². The lowest BCUT2D eigenvalue weighted by Gasteiger charge is -2.35. The zero-order chi connectivity index (χ0) is 14.6. The third kappa shape index (κ3) is 4.88. The lowest BCUT2D eigenvalue weighted by molar-refractivity contribution is 0.130. The first-order valence-corrected chi connectivity index (χ1v) is 8.89. The van der Waals surface area contributed by atoms with E-state index >= 15 is 0 Å². The maximum atomic E-state index is 11.0. The molecular formula is C13H24N4O2S. The lowest BCUT2D eigenvalue weighted by Crippen LogP contribution is -2.43. The predicted octanol–water partition coefficient (Wildman–Crippen LogP) is 0.725. The van der Waals surface area contributed by atoms with E-state index < -0.39 is 10.0 Å². The number of sulfonamides is 1. The minimum Gasteiger partial charge on any atom is -0.299 e. The summed E-state index contributed by atoms with van der Waals surface area (Å²) in [6, 6.07) is 0.448. The highest BCUT2D eigenvalue weighted by Gasteiger charge is 2.22. The van der Waals surface area contributed by atoms with Gasteiger partial charge in [-0.05, 0) is 44.8 Å². The average molecular weight is 300 g/mol. The molecule has 1 atom stereocenters. The number of piperidine rings is 1. The van der Waals surface area contributed by atoms with Gasteiger partial charge in [-0.3, -0.25) is 9.58 Å². The van der Waals surface area contributed by atoms with Gasteiger partial charge in [0.25, 0.3) is 0 Å². The van der Waals surface area contributed by atoms with Crippen LogP contribution in [0.5, 0.6) is 0 Å². The standard InChI is InChI=1S/C13H24N4O2S/c1-12-9-15-17(10-12)11-13-5-2-3-6-16(13)7-4-8-20(14,18)19/h9-10,13H,2-8,11H2,1H3,(H2,14,18,19)/t13-/m1/s1. The Morgan fingerprint density at radius 3 is 2.90 bits per heavy atom. The molecule has 1 aromatic heterocycles. The van der Waals surface area contributed by atoms with Gasteiger partial charge in [0.2, 0.25) is 10.0 Å². The van der Waals surface area contributed by atoms with Crippen molar-refractivity contribution in [1.82, 2.24) is 14.7 Å². The van der Waals surface area contributed by atoms with Crippen molar-refractivity contribution in [2.45, 2.75) is 45.2 Å². The van der Waals surface area contributed by atoms with E-state index in [2.05, 4.69) is 16.2 Å². The summed E-state index contributed by atoms with van der Waals surface area (Å²) in [5, 5.41) is 9.39. The SMILES string of the molecule is Cc1cnn(C[C@H]2CCCCN2CCCS(N)(=O)=O)c1. The molecule has 0 saturated carbocycles. The van der Waals surface area contributed by atoms with Crippen LogP contribution in [0.15, 0.2) is 12.4 Å². The Bertz CT molecular complexity index is 526. The van der Waals surface area contributed by atoms with Crippen LogP contribution in [0.4, 0.5) is 0 Å². The molecule has 114 valence electrons. The van der Waals surface area contributed by atoms with Gasteiger partial charge >= 0.3 is 0 Å². The number of rotatable bonds is 6. The molecule has 7 heteroatoms. The Hall–Kier alpha value is -0.920. The van der Waals surface area contributed by atoms with Crippen molar-refractivity contribution in [2.24, 2.45) is 5.14 Å². The second-order valence-corrected chi connectivity index (χ2v) is 7.38. The van der Waals surface area contributed by atoms with Crippen molar-refractivity contribution >= 4 is 10.0 Å². The normalized spacial score (nSPS) is 21.2. The molecule has 1 aromatic rings. The van der Waals surface area contributed by atoms with E-state index in [-0.39, 0.29) is 5.75 Å². The first-order valence-electron chi connectivity index (χ1n) is 7.17. The smallest absolute Gasteiger partial charge is 0.209 e. The Kier molecular flexibility index (Phi) is 5.17. The number of nitrogens with two attached hydrogens (primary N) is 1. The number of aryl methyl sites for hydroxylation is 1. The minimum absolute atomic E-state index is 0.0666. The molecule has 0 aromatic carbocycles. The number of hydrogen-bond acceptors (Lipinski definition) is 4. The van der Waals surface area contributed by atoms with Crippen molar-refractivity contribution in [1.29, 1.82) is 0 Å². The number of aromatic nitrogens is 2. The number of hydrogen-bond donors (Lipinski definition) is 1. The minimum atomic E-state index is -3.34. The van der Waals surface area contributed by atoms with E-state index in [1.165, 1.54) is 18.4 Å². The van der Waals surface area contributed by atoms with Crippen molar-refractivity contribution in [3.8, 4) is 0 Å². The Morgan fingerprint density at radius 2 is 2.25 bits per heavy atom. The molecular weight excluding hydrogens is 276 g/mol. The lowest BCUT2D eigenvalue weighted by atomic mass is 10.0. The van der Waals surface area contributed by atoms with Crippen LogP contribution in [0.2, 0.25) is 0 Å². The summed E-state index contributed by atoms with van der Waals surface area (Å²) in [5.74, 6) is 0.0666. The van der Waals surface area contributed by atoms with Crippen LogP contribution < -0.4 is 5.14 Å². The summed E-state index contributed by atoms with van der Waals surface area (Å²) in [4.78, 5) is 2.38. The second-order valence-electron chi connectivity index (χ2n) is 5.65. The van der Waals surface area contributed by atoms with Gasteiger partial charge in [-0.2, -0.15) is 5.10 Å². The van der Waals surface area contributed by atoms with Gasteiger partial charge in [0.15, 0.2) is 0 Å². The molecule has 0 radical (unpaired) electrons. The molecule has 2 heterocycles. The molecule has 0 amide bonds. The Balaban J connectivity index is 1.88. The van der Waals surface area contributed by atoms with Gasteiger partial charge in [-0.15, -0.1) is 0 Å². The van der Waals surface area contributed by atoms with Gasteiger partial charge in [0.1, 0.15) is 0 Å². The maximum Gasteiger partial charge on any atom is 0.209 e. The molecule has 2 rings (SSSR count). The molecule has 1 aliphatic heterocycles. The van der Waals surface area contributed by atoms with E-state index in [0.717, 1.165) is 26.1 Å². The van der Waals surface area contributed by atoms with Crippen LogP contribution in [0, 0.1) is 6.92 Å². The zero-order valence-electron chi connectivity index (χ0n) is 12.0. The topological polar surface area (TPSA) is 81.2 Å². The zero-order valence-corrected chi connectivity index (χ0v) is 12.8. The summed E-state index contributed by atoms with van der Waals surface area (Å²) < 4.78 is 24.0. The molecule has 0 spiro atoms. The monoisotopic (exact) mass is 300 g/mol. The fraction of sp³-hybridized carbons (Fsp3) is 0.769. The first-order chi connectivity index (χ1) is 9.44. The van der Waals surface area contributed by atoms with E-state index in [9.17, 15) is 8.42 Å². The molecule has 1 aliphatic rings. The average Bonchev–Trinajstić information content (AvgIpc) is 2.75. The van der Waals surface area contributed by atoms with E-state index in [1.54, 1.807) is 0 Å². The van der Waals surface area contributed by atoms with Crippen molar-refractivity contribution in [3.63, 3.8) is 0 Å². The highest BCUT2D eigenvalue weighted by atomic mass is 32.2. The Morgan fingerprint density at radius 1 is 1.45 bits per heavy atom. The highest BCUT2D eigenvalue weighted by Crippen LogP contribution is 2.18. The summed E-state index contributed by atoms with van der Waals surface area (Å²) in [5.41, 5.74) is 1.17. The van der Waals surface area contributed by atoms with Crippen LogP contribution in [0.1, 0.15) is 31.2 Å². The van der Waals surface area contributed by atoms with Gasteiger partial charge in [0.05, 0.1) is 18.5 Å². The summed E-state index contributed by atoms with van der Waals surface area (Å²) in [6.45, 7) is 4.74. The molecule has 0 aliphatic carbocycles. The van der Waals surface area contributed by atoms with E-state index in [1.807, 2.05) is 17.8 Å². The number of likely N-dealkylation sites (tertiary alicyclic amines) is 1. The molecule has 6 nitrogen and oxygen atoms in total. The molecule has 0 unspecified atom stereocenters. The third-order valence-corrected chi connectivity index (χ3v) is 4.64. The van der Waals surface area contributed by atoms with Crippen molar-refractivity contribution < 1.29 is 8.42 Å². The fourth-order valence-electron chi connectivity index (χ4n) is 2.81. The molecule has 0 bridgehead atoms. The third-order valence-electron chi connectivity index (χ3n) is 3.78. The quantitative estimate of drug-likeness (QED) is 0.839. The first kappa shape index (κ1) is 15.5. The molecule has 20 heavy (non-hydrogen) atoms. The molecule has 1 saturated heterocycles. The Labute approximate surface area is 121 Å². The number of nitrogens with zero attached hydrogens (tertiary/aromatic N) is 3. The van der Waals surface area contributed by atoms with Gasteiger partial charge in [0, 0.05) is 12.2 Å². The summed E-state index contributed by atoms with van der Waals surface area (Å²) in [6.07, 6.45) is 8.09. The largest absolute Gasteiger partial charge is 0.299 e. The van der Waals surface area contributed by atoms with Crippen LogP contribution in [-0.4, -0.2) is 48.0 Å².